The molecule has 0 fully saturated rings. The van der Waals surface area contributed by atoms with Gasteiger partial charge in [0, 0.05) is 0 Å². The summed E-state index contributed by atoms with van der Waals surface area (Å²) >= 11 is 0. The van der Waals surface area contributed by atoms with Gasteiger partial charge in [0.1, 0.15) is 23.2 Å². The van der Waals surface area contributed by atoms with Gasteiger partial charge in [0.2, 0.25) is 0 Å². The van der Waals surface area contributed by atoms with E-state index < -0.39 is 47.7 Å². The Labute approximate surface area is 128 Å². The van der Waals surface area contributed by atoms with Gasteiger partial charge >= 0.3 is 5.88 Å². The number of aliphatic hydroxyl groups excluding tert-OH is 5. The van der Waals surface area contributed by atoms with Crippen molar-refractivity contribution in [2.45, 2.75) is 24.4 Å². The number of hydrazone groups is 1. The van der Waals surface area contributed by atoms with Gasteiger partial charge in [-0.3, -0.25) is 14.9 Å². The fraction of sp³-hybridized carbons (Fsp3) is 0.455. The summed E-state index contributed by atoms with van der Waals surface area (Å²) in [5.74, 6) is -1.81. The van der Waals surface area contributed by atoms with E-state index in [2.05, 4.69) is 5.10 Å². The van der Waals surface area contributed by atoms with Crippen LogP contribution in [0.2, 0.25) is 0 Å². The molecule has 1 rings (SSSR count). The van der Waals surface area contributed by atoms with Gasteiger partial charge in [-0.2, -0.15) is 5.10 Å². The van der Waals surface area contributed by atoms with Crippen LogP contribution in [0.25, 0.3) is 0 Å². The van der Waals surface area contributed by atoms with Gasteiger partial charge in [0.25, 0.3) is 5.91 Å². The molecule has 1 amide bonds. The van der Waals surface area contributed by atoms with Crippen LogP contribution in [-0.4, -0.2) is 73.6 Å². The number of hydrogen-bond acceptors (Lipinski definition) is 10. The molecular formula is C11H15N3O9. The van der Waals surface area contributed by atoms with Crippen LogP contribution in [0.5, 0.6) is 0 Å². The molecule has 0 unspecified atom stereocenters. The number of rotatable bonds is 8. The molecule has 12 nitrogen and oxygen atoms in total. The Morgan fingerprint density at radius 2 is 2.00 bits per heavy atom. The van der Waals surface area contributed by atoms with Gasteiger partial charge in [0.05, 0.1) is 18.9 Å². The average molecular weight is 333 g/mol. The lowest BCUT2D eigenvalue weighted by Gasteiger charge is -2.24. The highest BCUT2D eigenvalue weighted by molar-refractivity contribution is 5.83. The number of carbonyl (C=O) groups is 1. The van der Waals surface area contributed by atoms with Crippen LogP contribution in [0.1, 0.15) is 5.76 Å². The molecule has 6 N–H and O–H groups in total. The third-order valence-corrected chi connectivity index (χ3v) is 2.68. The Morgan fingerprint density at radius 3 is 2.52 bits per heavy atom. The Hall–Kier alpha value is -2.38. The molecule has 23 heavy (non-hydrogen) atoms. The minimum Gasteiger partial charge on any atom is -0.400 e. The first-order valence-electron chi connectivity index (χ1n) is 6.18. The zero-order valence-corrected chi connectivity index (χ0v) is 11.5. The monoisotopic (exact) mass is 333 g/mol. The fourth-order valence-corrected chi connectivity index (χ4v) is 1.41. The number of amides is 1. The number of nitrogens with zero attached hydrogens (tertiary/aromatic N) is 2. The molecule has 0 radical (unpaired) electrons. The normalized spacial score (nSPS) is 16.7. The highest BCUT2D eigenvalue weighted by Crippen LogP contribution is 2.13. The lowest BCUT2D eigenvalue weighted by molar-refractivity contribution is -0.402. The molecule has 0 aliphatic heterocycles. The van der Waals surface area contributed by atoms with Crippen LogP contribution in [-0.2, 0) is 4.79 Å². The number of nitro groups is 1. The van der Waals surface area contributed by atoms with Crippen molar-refractivity contribution in [2.24, 2.45) is 5.10 Å². The maximum Gasteiger partial charge on any atom is 0.433 e. The van der Waals surface area contributed by atoms with Crippen LogP contribution < -0.4 is 5.43 Å². The van der Waals surface area contributed by atoms with E-state index in [-0.39, 0.29) is 5.76 Å². The standard InChI is InChI=1S/C11H15N3O9/c15-4-6(16)8(17)9(18)10(19)11(20)13-12-3-5-1-2-7(23-5)14(21)22/h1-3,6,8-10,15-19H,4H2,(H,13,20)/b12-3-/t6-,8-,9+,10-/m1/s1. The summed E-state index contributed by atoms with van der Waals surface area (Å²) in [5.41, 5.74) is 1.80. The van der Waals surface area contributed by atoms with E-state index in [9.17, 15) is 30.2 Å². The predicted molar refractivity (Wildman–Crippen MR) is 72.2 cm³/mol. The molecule has 4 atom stereocenters. The van der Waals surface area contributed by atoms with E-state index in [0.717, 1.165) is 12.3 Å². The smallest absolute Gasteiger partial charge is 0.400 e. The van der Waals surface area contributed by atoms with Crippen molar-refractivity contribution in [3.05, 3.63) is 28.0 Å². The topological polar surface area (TPSA) is 199 Å². The molecule has 0 aromatic carbocycles. The second-order valence-electron chi connectivity index (χ2n) is 4.34. The SMILES string of the molecule is O=C(N/N=C\c1ccc([N+](=O)[O-])o1)[C@H](O)[C@@H](O)[C@H](O)[C@H](O)CO. The number of furan rings is 1. The summed E-state index contributed by atoms with van der Waals surface area (Å²) < 4.78 is 4.71. The minimum absolute atomic E-state index is 0.0530. The Balaban J connectivity index is 2.57. The molecule has 0 saturated carbocycles. The van der Waals surface area contributed by atoms with Crippen molar-refractivity contribution < 1.29 is 39.7 Å². The van der Waals surface area contributed by atoms with Crippen molar-refractivity contribution in [1.82, 2.24) is 5.43 Å². The Kier molecular flexibility index (Phi) is 6.74. The Bertz CT molecular complexity index is 573. The molecule has 0 spiro atoms. The molecule has 0 bridgehead atoms. The molecule has 0 aliphatic carbocycles. The predicted octanol–water partition coefficient (Wildman–Crippen LogP) is -2.93. The zero-order valence-electron chi connectivity index (χ0n) is 11.5. The molecule has 1 heterocycles. The number of hydrogen-bond donors (Lipinski definition) is 6. The van der Waals surface area contributed by atoms with Gasteiger partial charge in [-0.1, -0.05) is 0 Å². The van der Waals surface area contributed by atoms with Crippen molar-refractivity contribution in [3.8, 4) is 0 Å². The second kappa shape index (κ2) is 8.30. The van der Waals surface area contributed by atoms with Crippen molar-refractivity contribution in [3.63, 3.8) is 0 Å². The van der Waals surface area contributed by atoms with Crippen LogP contribution in [0.3, 0.4) is 0 Å². The summed E-state index contributed by atoms with van der Waals surface area (Å²) in [7, 11) is 0. The molecule has 0 saturated heterocycles. The number of nitrogens with one attached hydrogen (secondary N) is 1. The highest BCUT2D eigenvalue weighted by atomic mass is 16.6. The van der Waals surface area contributed by atoms with E-state index in [4.69, 9.17) is 14.6 Å². The quantitative estimate of drug-likeness (QED) is 0.164. The average Bonchev–Trinajstić information content (AvgIpc) is 3.00. The Morgan fingerprint density at radius 1 is 1.35 bits per heavy atom. The van der Waals surface area contributed by atoms with E-state index in [1.165, 1.54) is 6.07 Å². The summed E-state index contributed by atoms with van der Waals surface area (Å²) in [6.45, 7) is -0.887. The summed E-state index contributed by atoms with van der Waals surface area (Å²) in [4.78, 5) is 21.1. The molecule has 12 heteroatoms. The van der Waals surface area contributed by atoms with Gasteiger partial charge < -0.3 is 29.9 Å². The minimum atomic E-state index is -2.14. The first-order valence-corrected chi connectivity index (χ1v) is 6.18. The molecular weight excluding hydrogens is 318 g/mol. The lowest BCUT2D eigenvalue weighted by atomic mass is 10.0. The van der Waals surface area contributed by atoms with Crippen LogP contribution >= 0.6 is 0 Å². The third-order valence-electron chi connectivity index (χ3n) is 2.68. The largest absolute Gasteiger partial charge is 0.433 e. The maximum atomic E-state index is 11.5. The van der Waals surface area contributed by atoms with Crippen LogP contribution in [0.15, 0.2) is 21.7 Å². The highest BCUT2D eigenvalue weighted by Gasteiger charge is 2.34. The first-order chi connectivity index (χ1) is 10.8. The van der Waals surface area contributed by atoms with Gasteiger partial charge in [-0.15, -0.1) is 0 Å². The van der Waals surface area contributed by atoms with E-state index in [0.29, 0.717) is 0 Å². The van der Waals surface area contributed by atoms with Crippen LogP contribution in [0.4, 0.5) is 5.88 Å². The maximum absolute atomic E-state index is 11.5. The first kappa shape index (κ1) is 18.7. The van der Waals surface area contributed by atoms with E-state index >= 15 is 0 Å². The molecule has 1 aromatic rings. The second-order valence-corrected chi connectivity index (χ2v) is 4.34. The number of carbonyl (C=O) groups excluding carboxylic acids is 1. The number of aliphatic hydroxyl groups is 5. The molecule has 1 aromatic heterocycles. The van der Waals surface area contributed by atoms with Crippen molar-refractivity contribution in [1.29, 1.82) is 0 Å². The fourth-order valence-electron chi connectivity index (χ4n) is 1.41. The zero-order chi connectivity index (χ0) is 17.6. The van der Waals surface area contributed by atoms with Crippen molar-refractivity contribution in [2.75, 3.05) is 6.61 Å². The third kappa shape index (κ3) is 5.08. The van der Waals surface area contributed by atoms with Gasteiger partial charge in [0.15, 0.2) is 11.9 Å². The molecule has 0 aliphatic rings. The van der Waals surface area contributed by atoms with E-state index in [1.54, 1.807) is 5.43 Å². The molecule has 128 valence electrons. The van der Waals surface area contributed by atoms with Gasteiger partial charge in [-0.25, -0.2) is 5.43 Å². The van der Waals surface area contributed by atoms with Crippen molar-refractivity contribution >= 4 is 18.0 Å². The van der Waals surface area contributed by atoms with E-state index in [1.807, 2.05) is 0 Å². The summed E-state index contributed by atoms with van der Waals surface area (Å²) in [6, 6.07) is 2.27. The summed E-state index contributed by atoms with van der Waals surface area (Å²) in [5, 5.41) is 59.7. The van der Waals surface area contributed by atoms with Crippen LogP contribution in [0, 0.1) is 10.1 Å². The lowest BCUT2D eigenvalue weighted by Crippen LogP contribution is -2.50. The van der Waals surface area contributed by atoms with Gasteiger partial charge in [-0.05, 0) is 6.07 Å². The summed E-state index contributed by atoms with van der Waals surface area (Å²) in [6.07, 6.45) is -7.02.